The lowest BCUT2D eigenvalue weighted by atomic mass is 9.85. The highest BCUT2D eigenvalue weighted by Gasteiger charge is 2.35. The van der Waals surface area contributed by atoms with E-state index in [-0.39, 0.29) is 12.7 Å². The van der Waals surface area contributed by atoms with Gasteiger partial charge in [-0.2, -0.15) is 0 Å². The average Bonchev–Trinajstić information content (AvgIpc) is 3.17. The molecule has 0 spiro atoms. The van der Waals surface area contributed by atoms with Crippen molar-refractivity contribution in [2.75, 3.05) is 13.9 Å². The molecule has 1 N–H and O–H groups in total. The molecule has 0 aliphatic heterocycles. The number of ether oxygens (including phenoxy) is 2. The van der Waals surface area contributed by atoms with E-state index < -0.39 is 11.7 Å². The van der Waals surface area contributed by atoms with Crippen LogP contribution in [0.25, 0.3) is 0 Å². The number of rotatable bonds is 6. The second kappa shape index (κ2) is 9.32. The molecule has 3 heteroatoms. The van der Waals surface area contributed by atoms with E-state index in [2.05, 4.69) is 24.5 Å². The van der Waals surface area contributed by atoms with Crippen molar-refractivity contribution in [1.82, 2.24) is 0 Å². The highest BCUT2D eigenvalue weighted by molar-refractivity contribution is 5.49. The first-order valence-electron chi connectivity index (χ1n) is 10.4. The van der Waals surface area contributed by atoms with E-state index in [9.17, 15) is 5.11 Å². The van der Waals surface area contributed by atoms with Crippen molar-refractivity contribution in [2.45, 2.75) is 18.1 Å². The van der Waals surface area contributed by atoms with Crippen LogP contribution >= 0.6 is 0 Å². The van der Waals surface area contributed by atoms with Gasteiger partial charge in [-0.3, -0.25) is 0 Å². The third kappa shape index (κ3) is 4.19. The second-order valence-corrected chi connectivity index (χ2v) is 7.69. The topological polar surface area (TPSA) is 38.7 Å². The van der Waals surface area contributed by atoms with E-state index in [0.717, 1.165) is 28.7 Å². The summed E-state index contributed by atoms with van der Waals surface area (Å²) in [4.78, 5) is 0. The van der Waals surface area contributed by atoms with Gasteiger partial charge in [0.05, 0.1) is 6.10 Å². The van der Waals surface area contributed by atoms with Crippen LogP contribution in [0.2, 0.25) is 0 Å². The maximum Gasteiger partial charge on any atom is 0.182 e. The van der Waals surface area contributed by atoms with Gasteiger partial charge in [0.25, 0.3) is 0 Å². The molecule has 3 nitrogen and oxygen atoms in total. The van der Waals surface area contributed by atoms with E-state index in [4.69, 9.17) is 9.47 Å². The third-order valence-corrected chi connectivity index (χ3v) is 5.80. The molecule has 4 rings (SSSR count). The quantitative estimate of drug-likeness (QED) is 0.458. The van der Waals surface area contributed by atoms with Crippen LogP contribution in [0.3, 0.4) is 0 Å². The molecule has 2 atom stereocenters. The van der Waals surface area contributed by atoms with Crippen LogP contribution in [-0.4, -0.2) is 19.0 Å². The van der Waals surface area contributed by atoms with Gasteiger partial charge in [0.2, 0.25) is 0 Å². The van der Waals surface area contributed by atoms with Crippen LogP contribution in [-0.2, 0) is 21.5 Å². The Morgan fingerprint density at radius 3 is 2.13 bits per heavy atom. The Balaban J connectivity index is 1.74. The summed E-state index contributed by atoms with van der Waals surface area (Å²) < 4.78 is 11.5. The number of methoxy groups -OCH3 is 1. The van der Waals surface area contributed by atoms with Crippen LogP contribution in [0.1, 0.15) is 28.4 Å². The molecule has 0 amide bonds. The second-order valence-electron chi connectivity index (χ2n) is 7.69. The average molecular weight is 411 g/mol. The Labute approximate surface area is 184 Å². The maximum absolute atomic E-state index is 10.8. The first kappa shape index (κ1) is 21.1. The lowest BCUT2D eigenvalue weighted by Crippen LogP contribution is -2.31. The molecule has 1 aliphatic rings. The predicted molar refractivity (Wildman–Crippen MR) is 122 cm³/mol. The Morgan fingerprint density at radius 2 is 1.55 bits per heavy atom. The Hall–Kier alpha value is -3.16. The summed E-state index contributed by atoms with van der Waals surface area (Å²) in [5.41, 5.74) is 3.61. The van der Waals surface area contributed by atoms with Gasteiger partial charge in [0, 0.05) is 29.7 Å². The first-order chi connectivity index (χ1) is 15.2. The van der Waals surface area contributed by atoms with Crippen molar-refractivity contribution >= 4 is 0 Å². The van der Waals surface area contributed by atoms with E-state index in [1.54, 1.807) is 7.11 Å². The van der Waals surface area contributed by atoms with Gasteiger partial charge in [-0.25, -0.2) is 0 Å². The van der Waals surface area contributed by atoms with Crippen LogP contribution in [0.5, 0.6) is 0 Å². The molecule has 0 heterocycles. The molecule has 0 saturated heterocycles. The van der Waals surface area contributed by atoms with Crippen LogP contribution in [0.15, 0.2) is 97.1 Å². The van der Waals surface area contributed by atoms with Crippen LogP contribution in [0, 0.1) is 17.8 Å². The number of hydrogen-bond donors (Lipinski definition) is 1. The third-order valence-electron chi connectivity index (χ3n) is 5.80. The Bertz CT molecular complexity index is 1050. The van der Waals surface area contributed by atoms with E-state index in [1.807, 2.05) is 78.9 Å². The van der Waals surface area contributed by atoms with Crippen LogP contribution in [0.4, 0.5) is 0 Å². The van der Waals surface area contributed by atoms with Crippen molar-refractivity contribution in [2.24, 2.45) is 5.92 Å². The number of benzene rings is 3. The fraction of sp³-hybridized carbons (Fsp3) is 0.214. The van der Waals surface area contributed by atoms with Gasteiger partial charge in [-0.1, -0.05) is 103 Å². The zero-order valence-corrected chi connectivity index (χ0v) is 17.6. The molecule has 1 aliphatic carbocycles. The molecular formula is C28H26O3. The lowest BCUT2D eigenvalue weighted by molar-refractivity contribution is -0.0893. The minimum atomic E-state index is -1.02. The molecule has 0 aromatic heterocycles. The summed E-state index contributed by atoms with van der Waals surface area (Å²) in [5.74, 6) is 6.47. The summed E-state index contributed by atoms with van der Waals surface area (Å²) in [7, 11) is 1.60. The molecule has 0 saturated carbocycles. The molecule has 3 aromatic rings. The van der Waals surface area contributed by atoms with Gasteiger partial charge < -0.3 is 14.6 Å². The van der Waals surface area contributed by atoms with E-state index in [1.165, 1.54) is 0 Å². The fourth-order valence-electron chi connectivity index (χ4n) is 4.16. The monoisotopic (exact) mass is 410 g/mol. The van der Waals surface area contributed by atoms with Crippen molar-refractivity contribution in [3.63, 3.8) is 0 Å². The molecule has 156 valence electrons. The van der Waals surface area contributed by atoms with E-state index in [0.29, 0.717) is 5.57 Å². The predicted octanol–water partition coefficient (Wildman–Crippen LogP) is 5.02. The summed E-state index contributed by atoms with van der Waals surface area (Å²) in [6.07, 6.45) is 0.133. The maximum atomic E-state index is 10.8. The fourth-order valence-corrected chi connectivity index (χ4v) is 4.16. The molecule has 0 bridgehead atoms. The largest absolute Gasteiger partial charge is 0.388 e. The summed E-state index contributed by atoms with van der Waals surface area (Å²) in [6, 6.07) is 27.8. The van der Waals surface area contributed by atoms with Gasteiger partial charge in [0.15, 0.2) is 5.60 Å². The molecular weight excluding hydrogens is 384 g/mol. The standard InChI is InChI=1S/C28H26O3/c1-21(26-19-22-11-9-10-16-25(22)27(26)29)17-18-28(31-20-30-2,23-12-5-3-6-13-23)24-14-7-4-8-15-24/h3-16,26-27,29H,1,19-20H2,2H3/t26-,27-/m1/s1. The molecule has 31 heavy (non-hydrogen) atoms. The summed E-state index contributed by atoms with van der Waals surface area (Å²) in [6.45, 7) is 4.31. The Kier molecular flexibility index (Phi) is 6.34. The molecule has 0 radical (unpaired) electrons. The number of hydrogen-bond acceptors (Lipinski definition) is 3. The SMILES string of the molecule is C=C(C#CC(OCOC)(c1ccccc1)c1ccccc1)[C@H]1Cc2ccccc2[C@H]1O. The summed E-state index contributed by atoms with van der Waals surface area (Å²) in [5, 5.41) is 10.8. The normalized spacial score (nSPS) is 17.5. The van der Waals surface area contributed by atoms with Gasteiger partial charge in [-0.15, -0.1) is 0 Å². The smallest absolute Gasteiger partial charge is 0.182 e. The van der Waals surface area contributed by atoms with Gasteiger partial charge in [0.1, 0.15) is 6.79 Å². The number of fused-ring (bicyclic) bond motifs is 1. The summed E-state index contributed by atoms with van der Waals surface area (Å²) >= 11 is 0. The van der Waals surface area contributed by atoms with Gasteiger partial charge in [-0.05, 0) is 17.5 Å². The van der Waals surface area contributed by atoms with E-state index >= 15 is 0 Å². The lowest BCUT2D eigenvalue weighted by Gasteiger charge is -2.30. The molecule has 0 unspecified atom stereocenters. The van der Waals surface area contributed by atoms with Crippen LogP contribution < -0.4 is 0 Å². The van der Waals surface area contributed by atoms with Crippen molar-refractivity contribution < 1.29 is 14.6 Å². The molecule has 3 aromatic carbocycles. The van der Waals surface area contributed by atoms with Crippen molar-refractivity contribution in [3.05, 3.63) is 119 Å². The van der Waals surface area contributed by atoms with Gasteiger partial charge >= 0.3 is 0 Å². The minimum Gasteiger partial charge on any atom is -0.388 e. The highest BCUT2D eigenvalue weighted by Crippen LogP contribution is 2.40. The Morgan fingerprint density at radius 1 is 0.968 bits per heavy atom. The van der Waals surface area contributed by atoms with Crippen molar-refractivity contribution in [3.8, 4) is 11.8 Å². The zero-order chi connectivity index (χ0) is 21.7. The minimum absolute atomic E-state index is 0.0858. The highest BCUT2D eigenvalue weighted by atomic mass is 16.7. The zero-order valence-electron chi connectivity index (χ0n) is 17.6. The number of aliphatic hydroxyl groups is 1. The first-order valence-corrected chi connectivity index (χ1v) is 10.4. The number of aliphatic hydroxyl groups excluding tert-OH is 1. The molecule has 0 fully saturated rings. The van der Waals surface area contributed by atoms with Crippen molar-refractivity contribution in [1.29, 1.82) is 0 Å².